The molecule has 0 atom stereocenters. The largest absolute Gasteiger partial charge is 3.00 e. The van der Waals surface area contributed by atoms with Crippen LogP contribution in [0.2, 0.25) is 0 Å². The quantitative estimate of drug-likeness (QED) is 0.328. The Kier molecular flexibility index (Phi) is 42.6. The summed E-state index contributed by atoms with van der Waals surface area (Å²) >= 11 is 0. The minimum atomic E-state index is -5.39. The van der Waals surface area contributed by atoms with E-state index >= 15 is 0 Å². The van der Waals surface area contributed by atoms with Crippen LogP contribution in [-0.2, 0) is 38.7 Å². The normalized spacial score (nSPS) is 6.56. The summed E-state index contributed by atoms with van der Waals surface area (Å²) in [6.07, 6.45) is 0. The van der Waals surface area contributed by atoms with Crippen LogP contribution in [0.1, 0.15) is 0 Å². The Morgan fingerprint density at radius 2 is 1.11 bits per heavy atom. The smallest absolute Gasteiger partial charge is 0.870 e. The van der Waals surface area contributed by atoms with E-state index in [1.165, 1.54) is 0 Å². The molecular formula is HAlFeMnO5P+3. The second kappa shape index (κ2) is 12.3. The van der Waals surface area contributed by atoms with Crippen LogP contribution in [0, 0.1) is 0 Å². The molecule has 0 rings (SSSR count). The van der Waals surface area contributed by atoms with Gasteiger partial charge in [-0.25, -0.2) is 0 Å². The van der Waals surface area contributed by atoms with Gasteiger partial charge in [-0.05, 0) is 0 Å². The number of rotatable bonds is 0. The van der Waals surface area contributed by atoms with Crippen molar-refractivity contribution in [1.29, 1.82) is 0 Å². The number of hydrogen-bond acceptors (Lipinski definition) is 5. The molecule has 51 valence electrons. The molecule has 0 saturated heterocycles. The molecule has 0 aromatic carbocycles. The van der Waals surface area contributed by atoms with Gasteiger partial charge in [0.1, 0.15) is 0 Å². The third-order valence-electron chi connectivity index (χ3n) is 0. The fraction of sp³-hybridized carbons (Fsp3) is 0. The Balaban J connectivity index is -0.0000000133. The van der Waals surface area contributed by atoms with Crippen LogP contribution in [0.3, 0.4) is 0 Å². The summed E-state index contributed by atoms with van der Waals surface area (Å²) in [5.74, 6) is 0. The van der Waals surface area contributed by atoms with Gasteiger partial charge in [-0.2, -0.15) is 7.82 Å². The maximum Gasteiger partial charge on any atom is 3.00 e. The first-order valence-electron chi connectivity index (χ1n) is 0.730. The molecule has 0 aliphatic carbocycles. The summed E-state index contributed by atoms with van der Waals surface area (Å²) in [6.45, 7) is 0. The molecule has 0 aromatic rings. The van der Waals surface area contributed by atoms with Crippen molar-refractivity contribution in [2.45, 2.75) is 0 Å². The minimum Gasteiger partial charge on any atom is -0.870 e. The van der Waals surface area contributed by atoms with Gasteiger partial charge in [-0.15, -0.1) is 0 Å². The molecule has 0 unspecified atom stereocenters. The van der Waals surface area contributed by atoms with Crippen molar-refractivity contribution in [2.24, 2.45) is 0 Å². The first kappa shape index (κ1) is 31.1. The van der Waals surface area contributed by atoms with Crippen molar-refractivity contribution in [3.8, 4) is 0 Å². The topological polar surface area (TPSA) is 116 Å². The van der Waals surface area contributed by atoms with Crippen molar-refractivity contribution in [3.63, 3.8) is 0 Å². The predicted octanol–water partition coefficient (Wildman–Crippen LogP) is -3.39. The summed E-state index contributed by atoms with van der Waals surface area (Å²) < 4.78 is 8.55. The van der Waals surface area contributed by atoms with Crippen molar-refractivity contribution in [3.05, 3.63) is 0 Å². The fourth-order valence-electron chi connectivity index (χ4n) is 0. The first-order chi connectivity index (χ1) is 2.00. The Bertz CT molecular complexity index is 63.1. The molecule has 0 aromatic heterocycles. The van der Waals surface area contributed by atoms with Gasteiger partial charge in [0.25, 0.3) is 0 Å². The van der Waals surface area contributed by atoms with Crippen LogP contribution >= 0.6 is 7.82 Å². The third-order valence-corrected chi connectivity index (χ3v) is 0. The van der Waals surface area contributed by atoms with Gasteiger partial charge in [0, 0.05) is 0 Å². The van der Waals surface area contributed by atoms with Gasteiger partial charge in [0.15, 0.2) is 0 Å². The van der Waals surface area contributed by atoms with Gasteiger partial charge in [0.2, 0.25) is 0 Å². The van der Waals surface area contributed by atoms with Gasteiger partial charge in [0.05, 0.1) is 0 Å². The maximum absolute atomic E-state index is 8.55. The van der Waals surface area contributed by atoms with Crippen LogP contribution in [0.25, 0.3) is 0 Å². The SMILES string of the molecule is O=P([O-])([O-])[O-].[Al+3].[Fe+2].[Mn+2].[OH-]. The molecule has 0 saturated carbocycles. The van der Waals surface area contributed by atoms with E-state index in [9.17, 15) is 0 Å². The minimum absolute atomic E-state index is 0. The van der Waals surface area contributed by atoms with E-state index in [4.69, 9.17) is 19.2 Å². The van der Waals surface area contributed by atoms with Crippen LogP contribution in [0.15, 0.2) is 0 Å². The van der Waals surface area contributed by atoms with Gasteiger partial charge >= 0.3 is 51.5 Å². The summed E-state index contributed by atoms with van der Waals surface area (Å²) in [5.41, 5.74) is 0. The molecule has 5 nitrogen and oxygen atoms in total. The average molecular weight is 250 g/mol. The molecule has 0 spiro atoms. The Hall–Kier alpha value is 1.64. The molecule has 1 radical (unpaired) electrons. The van der Waals surface area contributed by atoms with Gasteiger partial charge in [-0.1, -0.05) is 0 Å². The zero-order valence-electron chi connectivity index (χ0n) is 3.84. The fourth-order valence-corrected chi connectivity index (χ4v) is 0. The molecule has 0 heterocycles. The summed E-state index contributed by atoms with van der Waals surface area (Å²) in [4.78, 5) is 25.6. The van der Waals surface area contributed by atoms with E-state index < -0.39 is 7.82 Å². The van der Waals surface area contributed by atoms with Gasteiger partial charge in [-0.3, -0.25) is 0 Å². The summed E-state index contributed by atoms with van der Waals surface area (Å²) in [5, 5.41) is 0. The number of phosphoric acid groups is 1. The zero-order valence-corrected chi connectivity index (χ0v) is 8.17. The Morgan fingerprint density at radius 1 is 1.11 bits per heavy atom. The van der Waals surface area contributed by atoms with Crippen LogP contribution in [-0.4, -0.2) is 22.8 Å². The molecule has 0 amide bonds. The second-order valence-electron chi connectivity index (χ2n) is 0.447. The summed E-state index contributed by atoms with van der Waals surface area (Å²) in [7, 11) is -5.39. The van der Waals surface area contributed by atoms with Crippen LogP contribution in [0.4, 0.5) is 0 Å². The molecular weight excluding hydrogens is 249 g/mol. The Morgan fingerprint density at radius 3 is 1.11 bits per heavy atom. The standard InChI is InChI=1S/Al.Fe.Mn.H3O4P.H2O/c;;;1-5(2,3)4;/h;;;(H3,1,2,3,4);1H2/q+3;2*+2;;/p-4. The van der Waals surface area contributed by atoms with Crippen molar-refractivity contribution >= 4 is 25.2 Å². The second-order valence-corrected chi connectivity index (χ2v) is 1.34. The predicted molar refractivity (Wildman–Crippen MR) is 15.3 cm³/mol. The van der Waals surface area contributed by atoms with E-state index in [2.05, 4.69) is 0 Å². The van der Waals surface area contributed by atoms with E-state index in [1.807, 2.05) is 0 Å². The van der Waals surface area contributed by atoms with E-state index in [0.29, 0.717) is 0 Å². The van der Waals surface area contributed by atoms with Crippen molar-refractivity contribution in [1.82, 2.24) is 0 Å². The van der Waals surface area contributed by atoms with Crippen molar-refractivity contribution < 1.29 is 58.9 Å². The molecule has 0 fully saturated rings. The average Bonchev–Trinajstić information content (AvgIpc) is 0.722. The van der Waals surface area contributed by atoms with E-state index in [1.54, 1.807) is 0 Å². The molecule has 9 heavy (non-hydrogen) atoms. The molecule has 9 heteroatoms. The maximum atomic E-state index is 8.55. The molecule has 0 bridgehead atoms. The third kappa shape index (κ3) is 209. The number of hydrogen-bond donors (Lipinski definition) is 0. The summed E-state index contributed by atoms with van der Waals surface area (Å²) in [6, 6.07) is 0. The van der Waals surface area contributed by atoms with E-state index in [0.717, 1.165) is 0 Å². The van der Waals surface area contributed by atoms with Crippen LogP contribution < -0.4 is 14.7 Å². The zero-order chi connectivity index (χ0) is 4.50. The first-order valence-corrected chi connectivity index (χ1v) is 2.19. The van der Waals surface area contributed by atoms with E-state index in [-0.39, 0.29) is 57.0 Å². The molecule has 1 N–H and O–H groups in total. The van der Waals surface area contributed by atoms with Crippen molar-refractivity contribution in [2.75, 3.05) is 0 Å². The van der Waals surface area contributed by atoms with Crippen LogP contribution in [0.5, 0.6) is 0 Å². The van der Waals surface area contributed by atoms with Gasteiger partial charge < -0.3 is 24.7 Å². The Labute approximate surface area is 83.9 Å². The molecule has 0 aliphatic rings. The monoisotopic (exact) mass is 250 g/mol. The molecule has 0 aliphatic heterocycles.